The fourth-order valence-electron chi connectivity index (χ4n) is 1.58. The van der Waals surface area contributed by atoms with Crippen LogP contribution in [0.1, 0.15) is 20.8 Å². The van der Waals surface area contributed by atoms with E-state index in [0.29, 0.717) is 0 Å². The Labute approximate surface area is 124 Å². The minimum atomic E-state index is -0.746. The number of nitrogens with zero attached hydrogens (tertiary/aromatic N) is 1. The zero-order valence-electron chi connectivity index (χ0n) is 10.9. The topological polar surface area (TPSA) is 68.3 Å². The third-order valence-corrected chi connectivity index (χ3v) is 2.80. The molecule has 1 aromatic heterocycles. The number of hydrogen-bond donors (Lipinski definition) is 1. The number of amides is 1. The van der Waals surface area contributed by atoms with Crippen molar-refractivity contribution in [2.24, 2.45) is 0 Å². The standard InChI is InChI=1S/C14H10ClFN2O3/c1-21-14(20)11-3-2-4-12(17-11)18-13(19)9-6-5-8(15)7-10(9)16/h2-7H,1H3,(H,17,18,19). The van der Waals surface area contributed by atoms with Gasteiger partial charge < -0.3 is 10.1 Å². The van der Waals surface area contributed by atoms with Gasteiger partial charge in [-0.15, -0.1) is 0 Å². The van der Waals surface area contributed by atoms with Crippen LogP contribution >= 0.6 is 11.6 Å². The highest BCUT2D eigenvalue weighted by molar-refractivity contribution is 6.30. The molecule has 0 saturated carbocycles. The number of esters is 1. The number of hydrogen-bond acceptors (Lipinski definition) is 4. The van der Waals surface area contributed by atoms with E-state index in [1.165, 1.54) is 37.4 Å². The first-order chi connectivity index (χ1) is 10.0. The Bertz CT molecular complexity index is 706. The van der Waals surface area contributed by atoms with Crippen molar-refractivity contribution >= 4 is 29.3 Å². The maximum absolute atomic E-state index is 13.6. The Morgan fingerprint density at radius 3 is 2.71 bits per heavy atom. The van der Waals surface area contributed by atoms with Crippen molar-refractivity contribution in [1.29, 1.82) is 0 Å². The summed E-state index contributed by atoms with van der Waals surface area (Å²) in [5.41, 5.74) is -0.142. The third kappa shape index (κ3) is 3.55. The van der Waals surface area contributed by atoms with Crippen LogP contribution in [0.15, 0.2) is 36.4 Å². The van der Waals surface area contributed by atoms with Crippen LogP contribution in [-0.2, 0) is 4.74 Å². The highest BCUT2D eigenvalue weighted by Crippen LogP contribution is 2.16. The smallest absolute Gasteiger partial charge is 0.356 e. The number of pyridine rings is 1. The van der Waals surface area contributed by atoms with Gasteiger partial charge >= 0.3 is 5.97 Å². The highest BCUT2D eigenvalue weighted by atomic mass is 35.5. The molecule has 0 saturated heterocycles. The van der Waals surface area contributed by atoms with Gasteiger partial charge in [0.2, 0.25) is 0 Å². The number of halogens is 2. The Morgan fingerprint density at radius 1 is 1.29 bits per heavy atom. The summed E-state index contributed by atoms with van der Waals surface area (Å²) in [6, 6.07) is 8.12. The lowest BCUT2D eigenvalue weighted by Crippen LogP contribution is -2.16. The van der Waals surface area contributed by atoms with Gasteiger partial charge in [0, 0.05) is 5.02 Å². The summed E-state index contributed by atoms with van der Waals surface area (Å²) in [5, 5.41) is 2.59. The molecule has 0 radical (unpaired) electrons. The average Bonchev–Trinajstić information content (AvgIpc) is 2.46. The molecule has 0 fully saturated rings. The molecular formula is C14H10ClFN2O3. The molecule has 5 nitrogen and oxygen atoms in total. The molecule has 0 aliphatic carbocycles. The van der Waals surface area contributed by atoms with Crippen LogP contribution in [0.2, 0.25) is 5.02 Å². The van der Waals surface area contributed by atoms with Gasteiger partial charge in [-0.1, -0.05) is 17.7 Å². The lowest BCUT2D eigenvalue weighted by Gasteiger charge is -2.06. The predicted molar refractivity (Wildman–Crippen MR) is 74.9 cm³/mol. The predicted octanol–water partition coefficient (Wildman–Crippen LogP) is 2.91. The van der Waals surface area contributed by atoms with Crippen molar-refractivity contribution in [2.75, 3.05) is 12.4 Å². The van der Waals surface area contributed by atoms with Crippen LogP contribution in [0, 0.1) is 5.82 Å². The highest BCUT2D eigenvalue weighted by Gasteiger charge is 2.14. The third-order valence-electron chi connectivity index (χ3n) is 2.56. The van der Waals surface area contributed by atoms with E-state index in [2.05, 4.69) is 15.0 Å². The number of carbonyl (C=O) groups is 2. The van der Waals surface area contributed by atoms with Crippen LogP contribution < -0.4 is 5.32 Å². The number of rotatable bonds is 3. The largest absolute Gasteiger partial charge is 0.464 e. The molecule has 0 aliphatic heterocycles. The second-order valence-electron chi connectivity index (χ2n) is 3.98. The van der Waals surface area contributed by atoms with E-state index >= 15 is 0 Å². The second kappa shape index (κ2) is 6.32. The number of carbonyl (C=O) groups excluding carboxylic acids is 2. The molecule has 7 heteroatoms. The van der Waals surface area contributed by atoms with Gasteiger partial charge in [0.15, 0.2) is 5.69 Å². The SMILES string of the molecule is COC(=O)c1cccc(NC(=O)c2ccc(Cl)cc2F)n1. The summed E-state index contributed by atoms with van der Waals surface area (Å²) in [6.45, 7) is 0. The molecular weight excluding hydrogens is 299 g/mol. The van der Waals surface area contributed by atoms with Crippen LogP contribution in [0.5, 0.6) is 0 Å². The Hall–Kier alpha value is -2.47. The number of anilines is 1. The summed E-state index contributed by atoms with van der Waals surface area (Å²) >= 11 is 5.62. The van der Waals surface area contributed by atoms with Gasteiger partial charge in [-0.2, -0.15) is 0 Å². The molecule has 0 unspecified atom stereocenters. The summed E-state index contributed by atoms with van der Waals surface area (Å²) < 4.78 is 18.2. The quantitative estimate of drug-likeness (QED) is 0.885. The molecule has 1 amide bonds. The number of benzene rings is 1. The summed E-state index contributed by atoms with van der Waals surface area (Å²) in [4.78, 5) is 27.2. The van der Waals surface area contributed by atoms with Crippen molar-refractivity contribution in [3.63, 3.8) is 0 Å². The summed E-state index contributed by atoms with van der Waals surface area (Å²) in [6.07, 6.45) is 0. The molecule has 0 atom stereocenters. The van der Waals surface area contributed by atoms with Crippen LogP contribution in [-0.4, -0.2) is 24.0 Å². The molecule has 108 valence electrons. The normalized spacial score (nSPS) is 10.0. The molecule has 1 heterocycles. The Balaban J connectivity index is 2.21. The van der Waals surface area contributed by atoms with Crippen molar-refractivity contribution < 1.29 is 18.7 Å². The molecule has 2 aromatic rings. The zero-order chi connectivity index (χ0) is 15.4. The summed E-state index contributed by atoms with van der Waals surface area (Å²) in [7, 11) is 1.22. The minimum absolute atomic E-state index is 0.0341. The lowest BCUT2D eigenvalue weighted by atomic mass is 10.2. The van der Waals surface area contributed by atoms with E-state index in [9.17, 15) is 14.0 Å². The average molecular weight is 309 g/mol. The van der Waals surface area contributed by atoms with E-state index < -0.39 is 17.7 Å². The summed E-state index contributed by atoms with van der Waals surface area (Å²) in [5.74, 6) is -1.97. The first-order valence-corrected chi connectivity index (χ1v) is 6.21. The van der Waals surface area contributed by atoms with Gasteiger partial charge in [0.25, 0.3) is 5.91 Å². The Kier molecular flexibility index (Phi) is 4.49. The molecule has 1 aromatic carbocycles. The zero-order valence-corrected chi connectivity index (χ0v) is 11.6. The Morgan fingerprint density at radius 2 is 2.05 bits per heavy atom. The maximum Gasteiger partial charge on any atom is 0.356 e. The second-order valence-corrected chi connectivity index (χ2v) is 4.41. The maximum atomic E-state index is 13.6. The van der Waals surface area contributed by atoms with Crippen molar-refractivity contribution in [1.82, 2.24) is 4.98 Å². The molecule has 1 N–H and O–H groups in total. The van der Waals surface area contributed by atoms with Crippen molar-refractivity contribution in [3.05, 3.63) is 58.5 Å². The van der Waals surface area contributed by atoms with Crippen molar-refractivity contribution in [3.8, 4) is 0 Å². The van der Waals surface area contributed by atoms with Crippen LogP contribution in [0.25, 0.3) is 0 Å². The van der Waals surface area contributed by atoms with E-state index in [-0.39, 0.29) is 22.1 Å². The van der Waals surface area contributed by atoms with Crippen LogP contribution in [0.3, 0.4) is 0 Å². The minimum Gasteiger partial charge on any atom is -0.464 e. The molecule has 0 bridgehead atoms. The van der Waals surface area contributed by atoms with E-state index in [1.54, 1.807) is 0 Å². The fraction of sp³-hybridized carbons (Fsp3) is 0.0714. The van der Waals surface area contributed by atoms with Gasteiger partial charge in [-0.05, 0) is 30.3 Å². The van der Waals surface area contributed by atoms with Crippen LogP contribution in [0.4, 0.5) is 10.2 Å². The van der Waals surface area contributed by atoms with Gasteiger partial charge in [-0.3, -0.25) is 4.79 Å². The first-order valence-electron chi connectivity index (χ1n) is 5.83. The number of methoxy groups -OCH3 is 1. The lowest BCUT2D eigenvalue weighted by molar-refractivity contribution is 0.0594. The van der Waals surface area contributed by atoms with Crippen molar-refractivity contribution in [2.45, 2.75) is 0 Å². The van der Waals surface area contributed by atoms with E-state index in [1.807, 2.05) is 0 Å². The molecule has 21 heavy (non-hydrogen) atoms. The van der Waals surface area contributed by atoms with Gasteiger partial charge in [-0.25, -0.2) is 14.2 Å². The fourth-order valence-corrected chi connectivity index (χ4v) is 1.74. The van der Waals surface area contributed by atoms with Gasteiger partial charge in [0.1, 0.15) is 11.6 Å². The number of ether oxygens (including phenoxy) is 1. The number of aromatic nitrogens is 1. The molecule has 0 spiro atoms. The monoisotopic (exact) mass is 308 g/mol. The first kappa shape index (κ1) is 14.9. The number of nitrogens with one attached hydrogen (secondary N) is 1. The molecule has 2 rings (SSSR count). The van der Waals surface area contributed by atoms with E-state index in [0.717, 1.165) is 6.07 Å². The van der Waals surface area contributed by atoms with Gasteiger partial charge in [0.05, 0.1) is 12.7 Å². The molecule has 0 aliphatic rings. The van der Waals surface area contributed by atoms with E-state index in [4.69, 9.17) is 11.6 Å².